The van der Waals surface area contributed by atoms with E-state index in [-0.39, 0.29) is 64.7 Å². The second-order valence-electron chi connectivity index (χ2n) is 9.80. The molecule has 228 valence electrons. The highest BCUT2D eigenvalue weighted by molar-refractivity contribution is 5.67. The minimum absolute atomic E-state index is 0.122. The van der Waals surface area contributed by atoms with Crippen molar-refractivity contribution in [2.45, 2.75) is 58.0 Å². The molecule has 0 amide bonds. The fourth-order valence-corrected chi connectivity index (χ4v) is 5.21. The van der Waals surface area contributed by atoms with Gasteiger partial charge in [0.15, 0.2) is 18.6 Å². The van der Waals surface area contributed by atoms with Gasteiger partial charge in [-0.25, -0.2) is 4.79 Å². The summed E-state index contributed by atoms with van der Waals surface area (Å²) in [7, 11) is 0. The summed E-state index contributed by atoms with van der Waals surface area (Å²) in [5.41, 5.74) is 1.44. The van der Waals surface area contributed by atoms with Crippen molar-refractivity contribution in [3.05, 3.63) is 57.6 Å². The average Bonchev–Trinajstić information content (AvgIpc) is 2.94. The van der Waals surface area contributed by atoms with E-state index in [1.54, 1.807) is 0 Å². The average molecular weight is 585 g/mol. The number of aliphatic carboxylic acids is 2. The summed E-state index contributed by atoms with van der Waals surface area (Å²) in [6.07, 6.45) is -0.384. The second kappa shape index (κ2) is 16.2. The molecule has 0 fully saturated rings. The first-order chi connectivity index (χ1) is 19.5. The minimum Gasteiger partial charge on any atom is -0.507 e. The molecule has 2 aromatic carbocycles. The van der Waals surface area contributed by atoms with E-state index in [0.717, 1.165) is 0 Å². The highest BCUT2D eigenvalue weighted by Gasteiger charge is 2.40. The molecule has 0 bridgehead atoms. The van der Waals surface area contributed by atoms with Gasteiger partial charge in [-0.3, -0.25) is 4.79 Å². The minimum atomic E-state index is -1.27. The van der Waals surface area contributed by atoms with E-state index in [9.17, 15) is 60.7 Å². The van der Waals surface area contributed by atoms with Gasteiger partial charge in [0.05, 0.1) is 50.5 Å². The SMILES string of the molecule is O=C(O)CC[NH+](Cc1c(O)ccc(CO)c1CO)C(CO)[C@@H](CO)[NH+](CC(=O)O)Cc1c(O)cc(CO)cc1CO. The number of phenolic OH excluding ortho intramolecular Hbond substituents is 2. The lowest BCUT2D eigenvalue weighted by Crippen LogP contribution is -3.26. The number of phenols is 2. The maximum absolute atomic E-state index is 11.9. The molecular formula is C27H40N2O12+2. The number of benzene rings is 2. The van der Waals surface area contributed by atoms with Crippen LogP contribution in [-0.4, -0.2) is 101 Å². The topological polar surface area (TPSA) is 245 Å². The van der Waals surface area contributed by atoms with Crippen molar-refractivity contribution in [3.8, 4) is 11.5 Å². The molecule has 0 spiro atoms. The van der Waals surface area contributed by atoms with E-state index >= 15 is 0 Å². The standard InChI is InChI=1S/C27H38N2O12/c30-10-16-5-18(12-32)19(25(37)6-16)7-29(9-27(40)41)23(15-35)22(14-34)28(4-3-26(38)39)8-20-21(13-33)17(11-31)1-2-24(20)36/h1-2,5-6,22-23,30-37H,3-4,7-15H2,(H,38,39)(H,40,41)/p+2/t22?,23-/m1/s1. The van der Waals surface area contributed by atoms with E-state index in [4.69, 9.17) is 0 Å². The molecule has 0 heterocycles. The number of hydrogen-bond acceptors (Lipinski definition) is 10. The normalized spacial score (nSPS) is 14.4. The van der Waals surface area contributed by atoms with E-state index in [1.807, 2.05) is 0 Å². The molecular weight excluding hydrogens is 544 g/mol. The van der Waals surface area contributed by atoms with Gasteiger partial charge in [-0.05, 0) is 34.4 Å². The van der Waals surface area contributed by atoms with Gasteiger partial charge in [0, 0.05) is 0 Å². The Hall–Kier alpha value is -3.34. The molecule has 0 aliphatic rings. The number of aliphatic hydroxyl groups excluding tert-OH is 6. The number of aliphatic hydroxyl groups is 6. The van der Waals surface area contributed by atoms with Crippen molar-refractivity contribution in [3.63, 3.8) is 0 Å². The third-order valence-corrected chi connectivity index (χ3v) is 7.34. The van der Waals surface area contributed by atoms with Gasteiger partial charge in [0.2, 0.25) is 0 Å². The fraction of sp³-hybridized carbons (Fsp3) is 0.481. The first kappa shape index (κ1) is 33.9. The van der Waals surface area contributed by atoms with Gasteiger partial charge in [-0.15, -0.1) is 0 Å². The summed E-state index contributed by atoms with van der Waals surface area (Å²) >= 11 is 0. The predicted molar refractivity (Wildman–Crippen MR) is 141 cm³/mol. The Morgan fingerprint density at radius 3 is 1.78 bits per heavy atom. The Labute approximate surface area is 236 Å². The third-order valence-electron chi connectivity index (χ3n) is 7.34. The second-order valence-corrected chi connectivity index (χ2v) is 9.80. The van der Waals surface area contributed by atoms with E-state index in [0.29, 0.717) is 16.0 Å². The lowest BCUT2D eigenvalue weighted by Gasteiger charge is -2.36. The first-order valence-corrected chi connectivity index (χ1v) is 13.0. The van der Waals surface area contributed by atoms with Crippen molar-refractivity contribution in [2.75, 3.05) is 26.3 Å². The molecule has 0 saturated heterocycles. The lowest BCUT2D eigenvalue weighted by atomic mass is 9.97. The van der Waals surface area contributed by atoms with Crippen LogP contribution < -0.4 is 9.80 Å². The zero-order chi connectivity index (χ0) is 30.7. The van der Waals surface area contributed by atoms with Gasteiger partial charge >= 0.3 is 11.9 Å². The molecule has 0 aliphatic heterocycles. The number of rotatable bonds is 18. The lowest BCUT2D eigenvalue weighted by molar-refractivity contribution is -1.00. The van der Waals surface area contributed by atoms with Crippen molar-refractivity contribution in [1.29, 1.82) is 0 Å². The van der Waals surface area contributed by atoms with Crippen molar-refractivity contribution < 1.29 is 70.5 Å². The Kier molecular flexibility index (Phi) is 13.4. The molecule has 4 atom stereocenters. The number of quaternary nitrogens is 2. The maximum Gasteiger partial charge on any atom is 0.359 e. The third kappa shape index (κ3) is 8.82. The summed E-state index contributed by atoms with van der Waals surface area (Å²) in [6, 6.07) is 3.39. The molecule has 3 unspecified atom stereocenters. The molecule has 2 aromatic rings. The van der Waals surface area contributed by atoms with Crippen LogP contribution in [-0.2, 0) is 49.1 Å². The largest absolute Gasteiger partial charge is 0.507 e. The van der Waals surface area contributed by atoms with Gasteiger partial charge in [0.25, 0.3) is 0 Å². The van der Waals surface area contributed by atoms with Crippen molar-refractivity contribution in [2.24, 2.45) is 0 Å². The van der Waals surface area contributed by atoms with Crippen LogP contribution in [0.1, 0.15) is 39.8 Å². The highest BCUT2D eigenvalue weighted by Crippen LogP contribution is 2.25. The molecule has 12 N–H and O–H groups in total. The quantitative estimate of drug-likeness (QED) is 0.0798. The number of aromatic hydroxyl groups is 2. The number of nitrogens with one attached hydrogen (secondary N) is 2. The first-order valence-electron chi connectivity index (χ1n) is 13.0. The van der Waals surface area contributed by atoms with E-state index in [2.05, 4.69) is 0 Å². The molecule has 0 aromatic heterocycles. The molecule has 0 saturated carbocycles. The van der Waals surface area contributed by atoms with E-state index in [1.165, 1.54) is 24.3 Å². The van der Waals surface area contributed by atoms with Gasteiger partial charge in [0.1, 0.15) is 37.8 Å². The van der Waals surface area contributed by atoms with Crippen LogP contribution in [0.25, 0.3) is 0 Å². The van der Waals surface area contributed by atoms with Crippen molar-refractivity contribution in [1.82, 2.24) is 0 Å². The Morgan fingerprint density at radius 1 is 0.659 bits per heavy atom. The molecule has 41 heavy (non-hydrogen) atoms. The van der Waals surface area contributed by atoms with Crippen LogP contribution in [0.3, 0.4) is 0 Å². The molecule has 14 nitrogen and oxygen atoms in total. The van der Waals surface area contributed by atoms with Crippen molar-refractivity contribution >= 4 is 11.9 Å². The molecule has 2 rings (SSSR count). The summed E-state index contributed by atoms with van der Waals surface area (Å²) in [6.45, 7) is -4.34. The van der Waals surface area contributed by atoms with Crippen LogP contribution >= 0.6 is 0 Å². The summed E-state index contributed by atoms with van der Waals surface area (Å²) in [5.74, 6) is -2.98. The van der Waals surface area contributed by atoms with Crippen LogP contribution in [0, 0.1) is 0 Å². The molecule has 0 aliphatic carbocycles. The van der Waals surface area contributed by atoms with E-state index < -0.39 is 70.2 Å². The number of carboxylic acid groups (broad SMARTS) is 2. The smallest absolute Gasteiger partial charge is 0.359 e. The highest BCUT2D eigenvalue weighted by atomic mass is 16.4. The number of carboxylic acids is 2. The van der Waals surface area contributed by atoms with Crippen LogP contribution in [0.2, 0.25) is 0 Å². The van der Waals surface area contributed by atoms with Crippen LogP contribution in [0.4, 0.5) is 0 Å². The Bertz CT molecular complexity index is 1180. The monoisotopic (exact) mass is 584 g/mol. The Balaban J connectivity index is 2.59. The molecule has 14 heteroatoms. The van der Waals surface area contributed by atoms with Crippen LogP contribution in [0.5, 0.6) is 11.5 Å². The van der Waals surface area contributed by atoms with Gasteiger partial charge in [-0.2, -0.15) is 0 Å². The molecule has 0 radical (unpaired) electrons. The Morgan fingerprint density at radius 2 is 1.27 bits per heavy atom. The van der Waals surface area contributed by atoms with Gasteiger partial charge in [-0.1, -0.05) is 12.1 Å². The predicted octanol–water partition coefficient (Wildman–Crippen LogP) is -4.18. The fourth-order valence-electron chi connectivity index (χ4n) is 5.21. The zero-order valence-electron chi connectivity index (χ0n) is 22.5. The summed E-state index contributed by atoms with van der Waals surface area (Å²) in [5, 5.41) is 100. The van der Waals surface area contributed by atoms with Crippen LogP contribution in [0.15, 0.2) is 24.3 Å². The zero-order valence-corrected chi connectivity index (χ0v) is 22.5. The maximum atomic E-state index is 11.9. The number of hydrogen-bond donors (Lipinski definition) is 12. The van der Waals surface area contributed by atoms with Gasteiger partial charge < -0.3 is 60.9 Å². The summed E-state index contributed by atoms with van der Waals surface area (Å²) in [4.78, 5) is 23.9. The summed E-state index contributed by atoms with van der Waals surface area (Å²) < 4.78 is 0. The number of carbonyl (C=O) groups is 2.